The summed E-state index contributed by atoms with van der Waals surface area (Å²) in [7, 11) is -3.84. The number of benzene rings is 1. The Morgan fingerprint density at radius 3 is 2.82 bits per heavy atom. The van der Waals surface area contributed by atoms with E-state index in [1.807, 2.05) is 6.07 Å². The van der Waals surface area contributed by atoms with Crippen molar-refractivity contribution < 1.29 is 23.4 Å². The number of aromatic nitrogens is 4. The largest absolute Gasteiger partial charge is 0.464 e. The molecule has 0 fully saturated rings. The molecule has 2 aromatic heterocycles. The van der Waals surface area contributed by atoms with Crippen molar-refractivity contribution in [1.29, 1.82) is 5.26 Å². The highest BCUT2D eigenvalue weighted by atomic mass is 31.2. The van der Waals surface area contributed by atoms with Crippen molar-refractivity contribution in [2.75, 3.05) is 18.7 Å². The van der Waals surface area contributed by atoms with Crippen LogP contribution in [0.2, 0.25) is 0 Å². The lowest BCUT2D eigenvalue weighted by Gasteiger charge is -2.30. The van der Waals surface area contributed by atoms with Crippen LogP contribution in [0.15, 0.2) is 36.9 Å². The molecule has 2 unspecified atom stereocenters. The third kappa shape index (κ3) is 7.74. The van der Waals surface area contributed by atoms with E-state index in [1.54, 1.807) is 49.9 Å². The van der Waals surface area contributed by atoms with Gasteiger partial charge in [-0.25, -0.2) is 20.0 Å². The first-order chi connectivity index (χ1) is 18.1. The van der Waals surface area contributed by atoms with Crippen LogP contribution in [0.3, 0.4) is 0 Å². The average Bonchev–Trinajstić information content (AvgIpc) is 3.29. The van der Waals surface area contributed by atoms with Gasteiger partial charge >= 0.3 is 13.5 Å². The number of imidazole rings is 1. The molecule has 204 valence electrons. The maximum atomic E-state index is 14.0. The Balaban J connectivity index is 1.75. The zero-order valence-electron chi connectivity index (χ0n) is 22.1. The molecule has 0 amide bonds. The van der Waals surface area contributed by atoms with E-state index >= 15 is 0 Å². The molecule has 0 radical (unpaired) electrons. The molecule has 2 atom stereocenters. The number of nitrogen functional groups attached to an aromatic ring is 1. The van der Waals surface area contributed by atoms with Crippen LogP contribution < -0.4 is 15.3 Å². The molecule has 3 aromatic rings. The Hall–Kier alpha value is -3.52. The molecule has 13 heteroatoms. The smallest absolute Gasteiger partial charge is 0.342 e. The van der Waals surface area contributed by atoms with Crippen molar-refractivity contribution in [3.8, 4) is 11.8 Å². The van der Waals surface area contributed by atoms with Gasteiger partial charge in [0.2, 0.25) is 0 Å². The van der Waals surface area contributed by atoms with Gasteiger partial charge in [0.15, 0.2) is 11.5 Å². The van der Waals surface area contributed by atoms with Gasteiger partial charge in [-0.1, -0.05) is 25.8 Å². The van der Waals surface area contributed by atoms with Gasteiger partial charge in [0.1, 0.15) is 29.5 Å². The highest BCUT2D eigenvalue weighted by molar-refractivity contribution is 7.57. The Bertz CT molecular complexity index is 1340. The topological polar surface area (TPSA) is 167 Å². The second kappa shape index (κ2) is 12.8. The molecule has 0 saturated carbocycles. The number of nitrogens with one attached hydrogen (secondary N) is 1. The van der Waals surface area contributed by atoms with Crippen LogP contribution in [0.1, 0.15) is 52.5 Å². The van der Waals surface area contributed by atoms with Crippen molar-refractivity contribution in [1.82, 2.24) is 24.6 Å². The molecular weight excluding hydrogens is 509 g/mol. The minimum Gasteiger partial charge on any atom is -0.464 e. The number of fused-ring (bicyclic) bond motifs is 1. The standard InChI is InChI=1S/C25H34N7O5P/c1-5-6-7-11-35-24(33)25(3,4)31-38(34,37-20-10-8-9-19(12-20)13-26)17-36-18(2)14-32-16-30-21-22(27)28-15-29-23(21)32/h8-10,12,15-16,18H,5-7,11,14,17H2,1-4H3,(H,31,34)(H2,27,28,29). The van der Waals surface area contributed by atoms with E-state index in [1.165, 1.54) is 12.4 Å². The van der Waals surface area contributed by atoms with Crippen molar-refractivity contribution in [3.63, 3.8) is 0 Å². The molecule has 0 aliphatic carbocycles. The number of esters is 1. The van der Waals surface area contributed by atoms with E-state index in [4.69, 9.17) is 19.7 Å². The third-order valence-electron chi connectivity index (χ3n) is 5.57. The highest BCUT2D eigenvalue weighted by Gasteiger charge is 2.39. The first-order valence-electron chi connectivity index (χ1n) is 12.4. The Morgan fingerprint density at radius 1 is 1.29 bits per heavy atom. The summed E-state index contributed by atoms with van der Waals surface area (Å²) in [6, 6.07) is 8.29. The number of nitrogens with zero attached hydrogens (tertiary/aromatic N) is 5. The summed E-state index contributed by atoms with van der Waals surface area (Å²) in [5.41, 5.74) is 5.89. The SMILES string of the molecule is CCCCCOC(=O)C(C)(C)NP(=O)(COC(C)Cn1cnc2c(N)ncnc21)Oc1cccc(C#N)c1. The van der Waals surface area contributed by atoms with Crippen LogP contribution in [-0.2, 0) is 25.4 Å². The van der Waals surface area contributed by atoms with Gasteiger partial charge in [0.25, 0.3) is 0 Å². The number of ether oxygens (including phenoxy) is 2. The van der Waals surface area contributed by atoms with Crippen LogP contribution in [0, 0.1) is 11.3 Å². The molecule has 0 spiro atoms. The van der Waals surface area contributed by atoms with Crippen molar-refractivity contribution >= 4 is 30.5 Å². The number of hydrogen-bond acceptors (Lipinski definition) is 10. The molecule has 12 nitrogen and oxygen atoms in total. The lowest BCUT2D eigenvalue weighted by molar-refractivity contribution is -0.149. The van der Waals surface area contributed by atoms with E-state index in [0.29, 0.717) is 23.3 Å². The second-order valence-corrected chi connectivity index (χ2v) is 11.4. The molecule has 2 heterocycles. The van der Waals surface area contributed by atoms with Gasteiger partial charge in [-0.3, -0.25) is 9.36 Å². The van der Waals surface area contributed by atoms with Crippen LogP contribution in [0.25, 0.3) is 11.2 Å². The lowest BCUT2D eigenvalue weighted by atomic mass is 10.1. The maximum absolute atomic E-state index is 14.0. The number of hydrogen-bond donors (Lipinski definition) is 2. The van der Waals surface area contributed by atoms with Gasteiger partial charge < -0.3 is 24.3 Å². The van der Waals surface area contributed by atoms with Gasteiger partial charge in [0, 0.05) is 0 Å². The Labute approximate surface area is 222 Å². The zero-order valence-corrected chi connectivity index (χ0v) is 23.0. The predicted molar refractivity (Wildman–Crippen MR) is 142 cm³/mol. The van der Waals surface area contributed by atoms with Crippen molar-refractivity contribution in [3.05, 3.63) is 42.5 Å². The fourth-order valence-electron chi connectivity index (χ4n) is 3.63. The van der Waals surface area contributed by atoms with Gasteiger partial charge in [0.05, 0.1) is 37.2 Å². The summed E-state index contributed by atoms with van der Waals surface area (Å²) < 4.78 is 33.0. The average molecular weight is 544 g/mol. The Kier molecular flexibility index (Phi) is 9.80. The van der Waals surface area contributed by atoms with Crippen LogP contribution in [0.4, 0.5) is 5.82 Å². The van der Waals surface area contributed by atoms with Gasteiger partial charge in [-0.05, 0) is 45.4 Å². The number of nitrogens with two attached hydrogens (primary N) is 1. The number of carbonyl (C=O) groups is 1. The molecule has 3 N–H and O–H groups in total. The van der Waals surface area contributed by atoms with E-state index < -0.39 is 25.1 Å². The van der Waals surface area contributed by atoms with Crippen LogP contribution >= 0.6 is 7.52 Å². The number of anilines is 1. The summed E-state index contributed by atoms with van der Waals surface area (Å²) in [6.45, 7) is 7.60. The van der Waals surface area contributed by atoms with E-state index in [2.05, 4.69) is 27.0 Å². The second-order valence-electron chi connectivity index (χ2n) is 9.42. The predicted octanol–water partition coefficient (Wildman–Crippen LogP) is 4.02. The van der Waals surface area contributed by atoms with Crippen molar-refractivity contribution in [2.45, 2.75) is 65.1 Å². The summed E-state index contributed by atoms with van der Waals surface area (Å²) >= 11 is 0. The third-order valence-corrected chi connectivity index (χ3v) is 7.46. The summed E-state index contributed by atoms with van der Waals surface area (Å²) in [5.74, 6) is -0.0812. The molecule has 38 heavy (non-hydrogen) atoms. The lowest BCUT2D eigenvalue weighted by Crippen LogP contribution is -2.47. The molecule has 3 rings (SSSR count). The quantitative estimate of drug-likeness (QED) is 0.171. The van der Waals surface area contributed by atoms with Crippen LogP contribution in [0.5, 0.6) is 5.75 Å². The summed E-state index contributed by atoms with van der Waals surface area (Å²) in [6.07, 6.45) is 4.80. The first-order valence-corrected chi connectivity index (χ1v) is 14.2. The minimum absolute atomic E-state index is 0.205. The first kappa shape index (κ1) is 29.0. The molecule has 1 aromatic carbocycles. The molecule has 0 saturated heterocycles. The van der Waals surface area contributed by atoms with E-state index in [0.717, 1.165) is 19.3 Å². The van der Waals surface area contributed by atoms with E-state index in [9.17, 15) is 14.6 Å². The van der Waals surface area contributed by atoms with Crippen LogP contribution in [-0.4, -0.2) is 50.1 Å². The van der Waals surface area contributed by atoms with Gasteiger partial charge in [-0.15, -0.1) is 0 Å². The minimum atomic E-state index is -3.84. The Morgan fingerprint density at radius 2 is 2.08 bits per heavy atom. The normalized spacial score (nSPS) is 14.0. The maximum Gasteiger partial charge on any atom is 0.342 e. The fourth-order valence-corrected chi connectivity index (χ4v) is 5.64. The zero-order chi connectivity index (χ0) is 27.8. The number of unbranched alkanes of at least 4 members (excludes halogenated alkanes) is 2. The van der Waals surface area contributed by atoms with E-state index in [-0.39, 0.29) is 24.5 Å². The fraction of sp³-hybridized carbons (Fsp3) is 0.480. The summed E-state index contributed by atoms with van der Waals surface area (Å²) in [5, 5.41) is 12.1. The summed E-state index contributed by atoms with van der Waals surface area (Å²) in [4.78, 5) is 25.2. The molecule has 0 aliphatic heterocycles. The number of nitriles is 1. The monoisotopic (exact) mass is 543 g/mol. The number of rotatable bonds is 14. The molecular formula is C25H34N7O5P. The molecule has 0 bridgehead atoms. The van der Waals surface area contributed by atoms with Crippen molar-refractivity contribution in [2.24, 2.45) is 0 Å². The van der Waals surface area contributed by atoms with Gasteiger partial charge in [-0.2, -0.15) is 5.26 Å². The highest BCUT2D eigenvalue weighted by Crippen LogP contribution is 2.45. The molecule has 0 aliphatic rings. The number of carbonyl (C=O) groups excluding carboxylic acids is 1.